The molecule has 0 aromatic rings. The van der Waals surface area contributed by atoms with Crippen molar-refractivity contribution in [1.29, 1.82) is 0 Å². The fourth-order valence-electron chi connectivity index (χ4n) is 7.51. The number of carbonyl (C=O) groups is 3. The molecule has 0 aromatic carbocycles. The van der Waals surface area contributed by atoms with Crippen LogP contribution in [0.5, 0.6) is 0 Å². The first kappa shape index (κ1) is 54.4. The van der Waals surface area contributed by atoms with Gasteiger partial charge in [0.1, 0.15) is 13.2 Å². The number of hydrogen-bond donors (Lipinski definition) is 0. The zero-order chi connectivity index (χ0) is 41.0. The van der Waals surface area contributed by atoms with Crippen LogP contribution in [0.15, 0.2) is 0 Å². The topological polar surface area (TPSA) is 78.9 Å². The maximum absolute atomic E-state index is 12.7. The predicted molar refractivity (Wildman–Crippen MR) is 238 cm³/mol. The largest absolute Gasteiger partial charge is 0.462 e. The predicted octanol–water partition coefficient (Wildman–Crippen LogP) is 15.9. The number of ether oxygens (including phenoxy) is 3. The number of carbonyl (C=O) groups excluding carboxylic acids is 3. The molecule has 0 aliphatic rings. The van der Waals surface area contributed by atoms with Crippen molar-refractivity contribution in [1.82, 2.24) is 0 Å². The van der Waals surface area contributed by atoms with Crippen molar-refractivity contribution in [2.24, 2.45) is 5.92 Å². The van der Waals surface area contributed by atoms with Gasteiger partial charge < -0.3 is 14.2 Å². The molecule has 6 nitrogen and oxygen atoms in total. The van der Waals surface area contributed by atoms with E-state index in [2.05, 4.69) is 27.7 Å². The first-order valence-electron chi connectivity index (χ1n) is 24.9. The van der Waals surface area contributed by atoms with Crippen LogP contribution in [0.1, 0.15) is 278 Å². The van der Waals surface area contributed by atoms with E-state index in [1.807, 2.05) is 0 Å². The molecule has 1 atom stereocenters. The van der Waals surface area contributed by atoms with E-state index in [4.69, 9.17) is 14.2 Å². The van der Waals surface area contributed by atoms with Gasteiger partial charge in [0, 0.05) is 19.3 Å². The third kappa shape index (κ3) is 43.5. The maximum atomic E-state index is 12.7. The summed E-state index contributed by atoms with van der Waals surface area (Å²) in [7, 11) is 0. The summed E-state index contributed by atoms with van der Waals surface area (Å²) in [5.41, 5.74) is 0. The summed E-state index contributed by atoms with van der Waals surface area (Å²) in [6, 6.07) is 0. The van der Waals surface area contributed by atoms with E-state index in [1.54, 1.807) is 0 Å². The monoisotopic (exact) mass is 793 g/mol. The van der Waals surface area contributed by atoms with E-state index in [9.17, 15) is 14.4 Å². The molecule has 0 saturated heterocycles. The highest BCUT2D eigenvalue weighted by atomic mass is 16.6. The van der Waals surface area contributed by atoms with Gasteiger partial charge in [0.05, 0.1) is 0 Å². The van der Waals surface area contributed by atoms with Gasteiger partial charge in [-0.15, -0.1) is 0 Å². The van der Waals surface area contributed by atoms with Crippen LogP contribution < -0.4 is 0 Å². The van der Waals surface area contributed by atoms with Crippen LogP contribution in [0, 0.1) is 5.92 Å². The maximum Gasteiger partial charge on any atom is 0.306 e. The molecule has 0 amide bonds. The lowest BCUT2D eigenvalue weighted by molar-refractivity contribution is -0.167. The lowest BCUT2D eigenvalue weighted by atomic mass is 10.0. The molecule has 0 radical (unpaired) electrons. The molecule has 0 rings (SSSR count). The van der Waals surface area contributed by atoms with Gasteiger partial charge in [-0.1, -0.05) is 240 Å². The van der Waals surface area contributed by atoms with Crippen molar-refractivity contribution in [2.75, 3.05) is 13.2 Å². The summed E-state index contributed by atoms with van der Waals surface area (Å²) in [5, 5.41) is 0. The van der Waals surface area contributed by atoms with Crippen LogP contribution in [-0.2, 0) is 28.6 Å². The first-order valence-corrected chi connectivity index (χ1v) is 24.9. The third-order valence-electron chi connectivity index (χ3n) is 11.3. The van der Waals surface area contributed by atoms with Crippen molar-refractivity contribution in [3.8, 4) is 0 Å². The number of unbranched alkanes of at least 4 members (excludes halogenated alkanes) is 32. The Hall–Kier alpha value is -1.59. The standard InChI is InChI=1S/C50H96O6/c1-5-7-9-11-13-15-17-19-21-25-29-33-37-41-48(51)54-44-47(45-55-49(52)42-38-34-30-27-23-24-28-32-36-40-46(3)4)56-50(53)43-39-35-31-26-22-20-18-16-14-12-10-8-6-2/h46-47H,5-45H2,1-4H3/t47-/m1/s1. The van der Waals surface area contributed by atoms with Gasteiger partial charge in [0.2, 0.25) is 0 Å². The van der Waals surface area contributed by atoms with Gasteiger partial charge in [0.25, 0.3) is 0 Å². The lowest BCUT2D eigenvalue weighted by Gasteiger charge is -2.18. The van der Waals surface area contributed by atoms with Crippen molar-refractivity contribution in [3.63, 3.8) is 0 Å². The second-order valence-electron chi connectivity index (χ2n) is 17.6. The fourth-order valence-corrected chi connectivity index (χ4v) is 7.51. The van der Waals surface area contributed by atoms with Crippen molar-refractivity contribution in [3.05, 3.63) is 0 Å². The third-order valence-corrected chi connectivity index (χ3v) is 11.3. The normalized spacial score (nSPS) is 11.9. The molecule has 0 N–H and O–H groups in total. The molecule has 0 aliphatic carbocycles. The van der Waals surface area contributed by atoms with E-state index in [0.717, 1.165) is 63.7 Å². The van der Waals surface area contributed by atoms with Gasteiger partial charge >= 0.3 is 17.9 Å². The fraction of sp³-hybridized carbons (Fsp3) is 0.940. The van der Waals surface area contributed by atoms with E-state index >= 15 is 0 Å². The Morgan fingerprint density at radius 2 is 0.589 bits per heavy atom. The van der Waals surface area contributed by atoms with E-state index < -0.39 is 6.10 Å². The number of esters is 3. The minimum Gasteiger partial charge on any atom is -0.462 e. The Labute approximate surface area is 348 Å². The van der Waals surface area contributed by atoms with Gasteiger partial charge in [-0.05, 0) is 25.2 Å². The van der Waals surface area contributed by atoms with E-state index in [0.29, 0.717) is 19.3 Å². The second kappa shape index (κ2) is 44.5. The minimum atomic E-state index is -0.760. The minimum absolute atomic E-state index is 0.0631. The van der Waals surface area contributed by atoms with Gasteiger partial charge in [0.15, 0.2) is 6.10 Å². The Morgan fingerprint density at radius 1 is 0.339 bits per heavy atom. The molecule has 0 bridgehead atoms. The Bertz CT molecular complexity index is 841. The molecule has 0 saturated carbocycles. The summed E-state index contributed by atoms with van der Waals surface area (Å²) in [6.07, 6.45) is 45.1. The Balaban J connectivity index is 4.32. The highest BCUT2D eigenvalue weighted by Gasteiger charge is 2.19. The smallest absolute Gasteiger partial charge is 0.306 e. The Morgan fingerprint density at radius 3 is 0.875 bits per heavy atom. The molecule has 0 aliphatic heterocycles. The zero-order valence-corrected chi connectivity index (χ0v) is 38.1. The van der Waals surface area contributed by atoms with Crippen molar-refractivity contribution < 1.29 is 28.6 Å². The zero-order valence-electron chi connectivity index (χ0n) is 38.1. The lowest BCUT2D eigenvalue weighted by Crippen LogP contribution is -2.30. The molecule has 56 heavy (non-hydrogen) atoms. The number of rotatable bonds is 45. The van der Waals surface area contributed by atoms with Crippen LogP contribution in [0.2, 0.25) is 0 Å². The summed E-state index contributed by atoms with van der Waals surface area (Å²) < 4.78 is 16.8. The average molecular weight is 793 g/mol. The molecule has 6 heteroatoms. The number of hydrogen-bond acceptors (Lipinski definition) is 6. The van der Waals surface area contributed by atoms with Gasteiger partial charge in [-0.3, -0.25) is 14.4 Å². The SMILES string of the molecule is CCCCCCCCCCCCCCCC(=O)OC[C@H](COC(=O)CCCCCCCCCCCC(C)C)OC(=O)CCCCCCCCCCCCCCC. The quantitative estimate of drug-likeness (QED) is 0.0347. The molecular formula is C50H96O6. The summed E-state index contributed by atoms with van der Waals surface area (Å²) in [4.78, 5) is 37.8. The molecule has 0 heterocycles. The summed E-state index contributed by atoms with van der Waals surface area (Å²) >= 11 is 0. The van der Waals surface area contributed by atoms with Crippen LogP contribution in [0.4, 0.5) is 0 Å². The molecule has 0 spiro atoms. The summed E-state index contributed by atoms with van der Waals surface area (Å²) in [5.74, 6) is -0.0392. The summed E-state index contributed by atoms with van der Waals surface area (Å²) in [6.45, 7) is 8.99. The van der Waals surface area contributed by atoms with Crippen LogP contribution in [0.25, 0.3) is 0 Å². The van der Waals surface area contributed by atoms with Crippen LogP contribution >= 0.6 is 0 Å². The van der Waals surface area contributed by atoms with Crippen molar-refractivity contribution >= 4 is 17.9 Å². The average Bonchev–Trinajstić information content (AvgIpc) is 3.18. The van der Waals surface area contributed by atoms with Crippen LogP contribution in [0.3, 0.4) is 0 Å². The van der Waals surface area contributed by atoms with Gasteiger partial charge in [-0.25, -0.2) is 0 Å². The highest BCUT2D eigenvalue weighted by molar-refractivity contribution is 5.71. The van der Waals surface area contributed by atoms with Crippen molar-refractivity contribution in [2.45, 2.75) is 284 Å². The molecule has 0 unspecified atom stereocenters. The van der Waals surface area contributed by atoms with E-state index in [-0.39, 0.29) is 31.1 Å². The van der Waals surface area contributed by atoms with Crippen LogP contribution in [-0.4, -0.2) is 37.2 Å². The first-order chi connectivity index (χ1) is 27.4. The van der Waals surface area contributed by atoms with E-state index in [1.165, 1.54) is 173 Å². The Kier molecular flexibility index (Phi) is 43.2. The van der Waals surface area contributed by atoms with Gasteiger partial charge in [-0.2, -0.15) is 0 Å². The molecular weight excluding hydrogens is 697 g/mol. The molecule has 0 fully saturated rings. The second-order valence-corrected chi connectivity index (χ2v) is 17.6. The highest BCUT2D eigenvalue weighted by Crippen LogP contribution is 2.17. The molecule has 332 valence electrons. The molecule has 0 aromatic heterocycles.